The third kappa shape index (κ3) is 5.89. The van der Waals surface area contributed by atoms with E-state index in [1.54, 1.807) is 0 Å². The molecule has 0 radical (unpaired) electrons. The van der Waals surface area contributed by atoms with Crippen molar-refractivity contribution in [3.63, 3.8) is 0 Å². The van der Waals surface area contributed by atoms with E-state index in [4.69, 9.17) is 0 Å². The van der Waals surface area contributed by atoms with Crippen molar-refractivity contribution < 1.29 is 9.05 Å². The van der Waals surface area contributed by atoms with E-state index in [-0.39, 0.29) is 5.92 Å². The maximum atomic E-state index is 2.56. The SMILES string of the molecule is C[N+](C)(C)CCCC1C=CC(=CC2=CC(=Cc3sc4cccc5c4[n+]3CCC5)c3ccccc3C2c2ccccc2)C=C1. The first-order valence-corrected chi connectivity index (χ1v) is 16.6. The van der Waals surface area contributed by atoms with Crippen molar-refractivity contribution in [3.8, 4) is 0 Å². The van der Waals surface area contributed by atoms with Crippen LogP contribution < -0.4 is 4.57 Å². The topological polar surface area (TPSA) is 3.88 Å². The summed E-state index contributed by atoms with van der Waals surface area (Å²) in [4.78, 5) is 0. The van der Waals surface area contributed by atoms with Crippen molar-refractivity contribution in [2.75, 3.05) is 27.7 Å². The number of allylic oxidation sites excluding steroid dienone is 9. The van der Waals surface area contributed by atoms with Gasteiger partial charge in [-0.15, -0.1) is 0 Å². The minimum Gasteiger partial charge on any atom is -0.331 e. The average Bonchev–Trinajstić information content (AvgIpc) is 3.37. The van der Waals surface area contributed by atoms with E-state index in [9.17, 15) is 0 Å². The second kappa shape index (κ2) is 11.7. The van der Waals surface area contributed by atoms with Crippen molar-refractivity contribution in [1.82, 2.24) is 0 Å². The quantitative estimate of drug-likeness (QED) is 0.151. The lowest BCUT2D eigenvalue weighted by Crippen LogP contribution is -2.38. The van der Waals surface area contributed by atoms with Crippen molar-refractivity contribution in [2.45, 2.75) is 38.1 Å². The third-order valence-corrected chi connectivity index (χ3v) is 10.2. The smallest absolute Gasteiger partial charge is 0.263 e. The molecule has 1 unspecified atom stereocenters. The number of fused-ring (bicyclic) bond motifs is 1. The van der Waals surface area contributed by atoms with Gasteiger partial charge in [0.25, 0.3) is 5.01 Å². The second-order valence-corrected chi connectivity index (χ2v) is 14.4. The maximum absolute atomic E-state index is 2.56. The molecule has 1 aliphatic heterocycles. The van der Waals surface area contributed by atoms with Gasteiger partial charge in [-0.2, -0.15) is 4.57 Å². The summed E-state index contributed by atoms with van der Waals surface area (Å²) in [7, 11) is 6.84. The minimum atomic E-state index is 0.200. The summed E-state index contributed by atoms with van der Waals surface area (Å²) < 4.78 is 4.99. The Morgan fingerprint density at radius 2 is 1.67 bits per heavy atom. The van der Waals surface area contributed by atoms with Gasteiger partial charge in [0, 0.05) is 24.0 Å². The summed E-state index contributed by atoms with van der Waals surface area (Å²) in [6, 6.07) is 26.9. The average molecular weight is 583 g/mol. The molecule has 0 saturated carbocycles. The molecule has 0 bridgehead atoms. The molecule has 1 aromatic heterocycles. The fraction of sp³-hybridized carbons (Fsp3) is 0.275. The first kappa shape index (κ1) is 28.0. The highest BCUT2D eigenvalue weighted by atomic mass is 32.1. The summed E-state index contributed by atoms with van der Waals surface area (Å²) >= 11 is 1.93. The predicted octanol–water partition coefficient (Wildman–Crippen LogP) is 8.90. The van der Waals surface area contributed by atoms with Gasteiger partial charge in [-0.3, -0.25) is 0 Å². The Balaban J connectivity index is 1.29. The standard InChI is InChI=1S/C40H42N2S/c1-42(2,3)25-11-12-29-20-22-30(23-21-29)26-34-27-33(28-38-41-24-10-16-32-15-9-19-37(43-38)40(32)41)35-17-7-8-18-36(35)39(34)31-13-5-4-6-14-31/h4-9,13-15,17-23,26-29,39H,10-12,16,24-25H2,1-3H3/q+2. The molecule has 2 nitrogen and oxygen atoms in total. The van der Waals surface area contributed by atoms with Gasteiger partial charge < -0.3 is 4.48 Å². The van der Waals surface area contributed by atoms with Crippen molar-refractivity contribution in [1.29, 1.82) is 0 Å². The highest BCUT2D eigenvalue weighted by Crippen LogP contribution is 2.44. The van der Waals surface area contributed by atoms with Gasteiger partial charge in [0.15, 0.2) is 6.54 Å². The van der Waals surface area contributed by atoms with Crippen LogP contribution in [-0.2, 0) is 13.0 Å². The zero-order valence-electron chi connectivity index (χ0n) is 25.7. The van der Waals surface area contributed by atoms with Gasteiger partial charge in [-0.1, -0.05) is 108 Å². The van der Waals surface area contributed by atoms with Crippen molar-refractivity contribution in [2.24, 2.45) is 5.92 Å². The lowest BCUT2D eigenvalue weighted by Gasteiger charge is -2.28. The lowest BCUT2D eigenvalue weighted by atomic mass is 9.75. The van der Waals surface area contributed by atoms with Crippen LogP contribution >= 0.6 is 11.3 Å². The Labute approximate surface area is 260 Å². The van der Waals surface area contributed by atoms with Crippen LogP contribution in [0.4, 0.5) is 0 Å². The van der Waals surface area contributed by atoms with Crippen LogP contribution in [0.5, 0.6) is 0 Å². The number of aromatic nitrogens is 1. The Morgan fingerprint density at radius 1 is 0.884 bits per heavy atom. The second-order valence-electron chi connectivity index (χ2n) is 13.3. The van der Waals surface area contributed by atoms with Crippen LogP contribution in [-0.4, -0.2) is 32.2 Å². The molecule has 2 aliphatic carbocycles. The molecule has 3 aliphatic rings. The molecule has 216 valence electrons. The highest BCUT2D eigenvalue weighted by Gasteiger charge is 2.29. The summed E-state index contributed by atoms with van der Waals surface area (Å²) in [5, 5.41) is 1.35. The summed E-state index contributed by atoms with van der Waals surface area (Å²) in [5.41, 5.74) is 10.9. The van der Waals surface area contributed by atoms with Gasteiger partial charge in [0.1, 0.15) is 4.70 Å². The van der Waals surface area contributed by atoms with Gasteiger partial charge in [-0.05, 0) is 70.7 Å². The molecule has 43 heavy (non-hydrogen) atoms. The van der Waals surface area contributed by atoms with E-state index >= 15 is 0 Å². The zero-order chi connectivity index (χ0) is 29.4. The van der Waals surface area contributed by atoms with Crippen molar-refractivity contribution >= 4 is 33.2 Å². The number of benzene rings is 3. The largest absolute Gasteiger partial charge is 0.331 e. The normalized spacial score (nSPS) is 20.4. The monoisotopic (exact) mass is 582 g/mol. The van der Waals surface area contributed by atoms with E-state index in [0.29, 0.717) is 5.92 Å². The van der Waals surface area contributed by atoms with Crippen LogP contribution in [0.15, 0.2) is 120 Å². The minimum absolute atomic E-state index is 0.200. The number of nitrogens with zero attached hydrogens (tertiary/aromatic N) is 2. The van der Waals surface area contributed by atoms with E-state index in [1.165, 1.54) is 86.4 Å². The van der Waals surface area contributed by atoms with Crippen LogP contribution in [0, 0.1) is 5.92 Å². The maximum Gasteiger partial charge on any atom is 0.263 e. The summed E-state index contributed by atoms with van der Waals surface area (Å²) in [6.07, 6.45) is 21.7. The van der Waals surface area contributed by atoms with Crippen LogP contribution in [0.25, 0.3) is 21.9 Å². The Kier molecular flexibility index (Phi) is 7.63. The highest BCUT2D eigenvalue weighted by molar-refractivity contribution is 7.19. The molecule has 4 aromatic rings. The molecule has 0 amide bonds. The molecule has 0 fully saturated rings. The van der Waals surface area contributed by atoms with Crippen LogP contribution in [0.2, 0.25) is 0 Å². The first-order valence-electron chi connectivity index (χ1n) is 15.8. The lowest BCUT2D eigenvalue weighted by molar-refractivity contribution is -0.870. The molecule has 3 heteroatoms. The molecule has 0 N–H and O–H groups in total. The number of hydrogen-bond donors (Lipinski definition) is 0. The molecule has 0 saturated heterocycles. The number of aryl methyl sites for hydroxylation is 2. The van der Waals surface area contributed by atoms with Gasteiger partial charge >= 0.3 is 0 Å². The predicted molar refractivity (Wildman–Crippen MR) is 183 cm³/mol. The number of hydrogen-bond acceptors (Lipinski definition) is 1. The van der Waals surface area contributed by atoms with Gasteiger partial charge in [0.2, 0.25) is 5.52 Å². The fourth-order valence-corrected chi connectivity index (χ4v) is 8.18. The van der Waals surface area contributed by atoms with Gasteiger partial charge in [0.05, 0.1) is 27.7 Å². The Morgan fingerprint density at radius 3 is 2.49 bits per heavy atom. The van der Waals surface area contributed by atoms with E-state index in [1.807, 2.05) is 11.3 Å². The fourth-order valence-electron chi connectivity index (χ4n) is 6.99. The molecule has 2 heterocycles. The first-order chi connectivity index (χ1) is 20.9. The molecular weight excluding hydrogens is 541 g/mol. The number of thiazole rings is 1. The number of para-hydroxylation sites is 1. The molecule has 3 aromatic carbocycles. The molecule has 0 spiro atoms. The Hall–Kier alpha value is -3.79. The van der Waals surface area contributed by atoms with Gasteiger partial charge in [-0.25, -0.2) is 0 Å². The van der Waals surface area contributed by atoms with Crippen LogP contribution in [0.1, 0.15) is 52.4 Å². The number of rotatable bonds is 7. The molecule has 1 atom stereocenters. The summed E-state index contributed by atoms with van der Waals surface area (Å²) in [5.74, 6) is 0.725. The zero-order valence-corrected chi connectivity index (χ0v) is 26.5. The van der Waals surface area contributed by atoms with Crippen molar-refractivity contribution in [3.05, 3.63) is 148 Å². The van der Waals surface area contributed by atoms with Crippen LogP contribution in [0.3, 0.4) is 0 Å². The Bertz CT molecular complexity index is 1790. The number of quaternary nitrogens is 1. The summed E-state index contributed by atoms with van der Waals surface area (Å²) in [6.45, 7) is 2.30. The molecular formula is C40H42N2S+2. The third-order valence-electron chi connectivity index (χ3n) is 9.08. The van der Waals surface area contributed by atoms with E-state index < -0.39 is 0 Å². The van der Waals surface area contributed by atoms with E-state index in [0.717, 1.165) is 11.0 Å². The molecule has 7 rings (SSSR count). The van der Waals surface area contributed by atoms with E-state index in [2.05, 4.69) is 141 Å².